The van der Waals surface area contributed by atoms with Gasteiger partial charge < -0.3 is 16.2 Å². The number of aliphatic hydroxyl groups is 1. The largest absolute Gasteiger partial charge is 0.423 e. The second-order valence-corrected chi connectivity index (χ2v) is 8.19. The van der Waals surface area contributed by atoms with E-state index < -0.39 is 35.6 Å². The van der Waals surface area contributed by atoms with Crippen molar-refractivity contribution >= 4 is 46.3 Å². The molecule has 1 unspecified atom stereocenters. The van der Waals surface area contributed by atoms with Gasteiger partial charge in [0.25, 0.3) is 0 Å². The van der Waals surface area contributed by atoms with Crippen molar-refractivity contribution in [2.24, 2.45) is 10.7 Å². The summed E-state index contributed by atoms with van der Waals surface area (Å²) < 4.78 is 81.9. The lowest BCUT2D eigenvalue weighted by Crippen LogP contribution is -2.47. The molecular weight excluding hydrogens is 519 g/mol. The van der Waals surface area contributed by atoms with Gasteiger partial charge in [0.2, 0.25) is 5.60 Å². The van der Waals surface area contributed by atoms with E-state index in [9.17, 15) is 31.4 Å². The van der Waals surface area contributed by atoms with Gasteiger partial charge in [0.15, 0.2) is 0 Å². The molecule has 0 spiro atoms. The summed E-state index contributed by atoms with van der Waals surface area (Å²) in [6.45, 7) is 0.0881. The molecule has 4 nitrogen and oxygen atoms in total. The van der Waals surface area contributed by atoms with Crippen LogP contribution in [0.4, 0.5) is 32.0 Å². The van der Waals surface area contributed by atoms with Crippen LogP contribution in [0.2, 0.25) is 15.1 Å². The minimum absolute atomic E-state index is 0.154. The maximum atomic E-state index is 13.8. The van der Waals surface area contributed by atoms with Gasteiger partial charge in [-0.3, -0.25) is 4.99 Å². The number of amidine groups is 1. The summed E-state index contributed by atoms with van der Waals surface area (Å²) in [7, 11) is 0. The van der Waals surface area contributed by atoms with Crippen molar-refractivity contribution in [3.8, 4) is 0 Å². The normalized spacial score (nSPS) is 14.8. The van der Waals surface area contributed by atoms with Crippen LogP contribution >= 0.6 is 34.8 Å². The molecule has 2 aromatic carbocycles. The van der Waals surface area contributed by atoms with Crippen molar-refractivity contribution < 1.29 is 31.4 Å². The third-order valence-corrected chi connectivity index (χ3v) is 5.91. The SMILES string of the molecule is CCC(N)=NCc1ccc(NCC(O)(c2cc(Cl)c(Cl)c(Cl)c2)C(F)(F)F)cc1C(F)(F)F. The molecule has 0 saturated heterocycles. The van der Waals surface area contributed by atoms with Crippen LogP contribution in [0.5, 0.6) is 0 Å². The van der Waals surface area contributed by atoms with E-state index >= 15 is 0 Å². The molecule has 182 valence electrons. The summed E-state index contributed by atoms with van der Waals surface area (Å²) in [6.07, 6.45) is -9.70. The van der Waals surface area contributed by atoms with Gasteiger partial charge in [0, 0.05) is 12.1 Å². The van der Waals surface area contributed by atoms with Crippen LogP contribution in [0, 0.1) is 0 Å². The van der Waals surface area contributed by atoms with Gasteiger partial charge in [-0.1, -0.05) is 47.8 Å². The summed E-state index contributed by atoms with van der Waals surface area (Å²) >= 11 is 17.3. The fourth-order valence-electron chi connectivity index (χ4n) is 2.78. The fourth-order valence-corrected chi connectivity index (χ4v) is 3.37. The average Bonchev–Trinajstić information content (AvgIpc) is 2.72. The number of nitrogens with two attached hydrogens (primary N) is 1. The van der Waals surface area contributed by atoms with E-state index in [1.165, 1.54) is 0 Å². The molecule has 2 aromatic rings. The minimum atomic E-state index is -5.24. The summed E-state index contributed by atoms with van der Waals surface area (Å²) in [5.41, 5.74) is -0.382. The number of aliphatic imine (C=N–C) groups is 1. The number of halogens is 9. The summed E-state index contributed by atoms with van der Waals surface area (Å²) in [5.74, 6) is 0.154. The highest BCUT2D eigenvalue weighted by Crippen LogP contribution is 2.43. The monoisotopic (exact) mass is 535 g/mol. The zero-order chi connectivity index (χ0) is 25.2. The summed E-state index contributed by atoms with van der Waals surface area (Å²) in [4.78, 5) is 3.85. The lowest BCUT2D eigenvalue weighted by atomic mass is 9.92. The van der Waals surface area contributed by atoms with Crippen LogP contribution in [-0.4, -0.2) is 23.7 Å². The third-order valence-electron chi connectivity index (χ3n) is 4.71. The molecule has 0 aromatic heterocycles. The highest BCUT2D eigenvalue weighted by atomic mass is 35.5. The van der Waals surface area contributed by atoms with Gasteiger partial charge in [-0.25, -0.2) is 0 Å². The molecule has 0 heterocycles. The van der Waals surface area contributed by atoms with Crippen molar-refractivity contribution in [3.05, 3.63) is 62.1 Å². The lowest BCUT2D eigenvalue weighted by molar-refractivity contribution is -0.260. The smallest absolute Gasteiger partial charge is 0.387 e. The quantitative estimate of drug-likeness (QED) is 0.158. The highest BCUT2D eigenvalue weighted by Gasteiger charge is 2.55. The first-order chi connectivity index (χ1) is 15.1. The van der Waals surface area contributed by atoms with E-state index in [0.29, 0.717) is 12.5 Å². The lowest BCUT2D eigenvalue weighted by Gasteiger charge is -2.32. The van der Waals surface area contributed by atoms with Gasteiger partial charge in [-0.05, 0) is 35.4 Å². The van der Waals surface area contributed by atoms with E-state index in [1.54, 1.807) is 6.92 Å². The van der Waals surface area contributed by atoms with Crippen LogP contribution in [0.25, 0.3) is 0 Å². The summed E-state index contributed by atoms with van der Waals surface area (Å²) in [5, 5.41) is 11.8. The predicted molar refractivity (Wildman–Crippen MR) is 117 cm³/mol. The van der Waals surface area contributed by atoms with Gasteiger partial charge in [-0.2, -0.15) is 26.3 Å². The number of rotatable bonds is 7. The Kier molecular flexibility index (Phi) is 8.43. The van der Waals surface area contributed by atoms with Crippen molar-refractivity contribution in [1.29, 1.82) is 0 Å². The first-order valence-electron chi connectivity index (χ1n) is 9.27. The molecule has 0 bridgehead atoms. The van der Waals surface area contributed by atoms with Gasteiger partial charge in [0.05, 0.1) is 39.6 Å². The maximum Gasteiger partial charge on any atom is 0.423 e. The van der Waals surface area contributed by atoms with Crippen LogP contribution < -0.4 is 11.1 Å². The number of hydrogen-bond donors (Lipinski definition) is 3. The average molecular weight is 537 g/mol. The Balaban J connectivity index is 2.42. The predicted octanol–water partition coefficient (Wildman–Crippen LogP) is 6.79. The third kappa shape index (κ3) is 6.38. The van der Waals surface area contributed by atoms with E-state index in [4.69, 9.17) is 40.5 Å². The number of anilines is 1. The molecule has 0 amide bonds. The number of hydrogen-bond acceptors (Lipinski definition) is 3. The Morgan fingerprint density at radius 1 is 1.03 bits per heavy atom. The molecule has 0 aliphatic rings. The topological polar surface area (TPSA) is 70.6 Å². The van der Waals surface area contributed by atoms with Gasteiger partial charge in [0.1, 0.15) is 0 Å². The minimum Gasteiger partial charge on any atom is -0.387 e. The van der Waals surface area contributed by atoms with Gasteiger partial charge in [-0.15, -0.1) is 0 Å². The number of nitrogens with zero attached hydrogens (tertiary/aromatic N) is 1. The molecule has 0 aliphatic carbocycles. The molecule has 0 fully saturated rings. The molecule has 0 aliphatic heterocycles. The Morgan fingerprint density at radius 3 is 2.09 bits per heavy atom. The highest BCUT2D eigenvalue weighted by molar-refractivity contribution is 6.48. The first-order valence-corrected chi connectivity index (χ1v) is 10.4. The van der Waals surface area contributed by atoms with Crippen molar-refractivity contribution in [2.45, 2.75) is 37.8 Å². The van der Waals surface area contributed by atoms with E-state index in [0.717, 1.165) is 24.3 Å². The standard InChI is InChI=1S/C20H18Cl3F6N3O/c1-2-16(30)31-8-10-3-4-12(7-13(10)19(24,25)26)32-9-18(33,20(27,28)29)11-5-14(21)17(23)15(22)6-11/h3-7,32-33H,2,8-9H2,1H3,(H2,30,31). The zero-order valence-electron chi connectivity index (χ0n) is 16.9. The van der Waals surface area contributed by atoms with Crippen molar-refractivity contribution in [1.82, 2.24) is 0 Å². The maximum absolute atomic E-state index is 13.8. The van der Waals surface area contributed by atoms with E-state index in [1.807, 2.05) is 0 Å². The Hall–Kier alpha value is -1.88. The van der Waals surface area contributed by atoms with E-state index in [-0.39, 0.29) is 38.7 Å². The molecule has 4 N–H and O–H groups in total. The van der Waals surface area contributed by atoms with Crippen LogP contribution in [-0.2, 0) is 18.3 Å². The van der Waals surface area contributed by atoms with Crippen molar-refractivity contribution in [2.75, 3.05) is 11.9 Å². The molecule has 2 rings (SSSR count). The second-order valence-electron chi connectivity index (χ2n) is 7.00. The van der Waals surface area contributed by atoms with Gasteiger partial charge >= 0.3 is 12.4 Å². The molecule has 1 atom stereocenters. The second kappa shape index (κ2) is 10.2. The summed E-state index contributed by atoms with van der Waals surface area (Å²) in [6, 6.07) is 4.41. The molecule has 33 heavy (non-hydrogen) atoms. The Morgan fingerprint density at radius 2 is 1.61 bits per heavy atom. The molecule has 0 saturated carbocycles. The number of nitrogens with one attached hydrogen (secondary N) is 1. The molecule has 13 heteroatoms. The molecule has 0 radical (unpaired) electrons. The van der Waals surface area contributed by atoms with Crippen molar-refractivity contribution in [3.63, 3.8) is 0 Å². The van der Waals surface area contributed by atoms with Crippen LogP contribution in [0.15, 0.2) is 35.3 Å². The first kappa shape index (κ1) is 27.4. The number of alkyl halides is 6. The van der Waals surface area contributed by atoms with Crippen LogP contribution in [0.3, 0.4) is 0 Å². The van der Waals surface area contributed by atoms with E-state index in [2.05, 4.69) is 10.3 Å². The number of benzene rings is 2. The Labute approximate surface area is 200 Å². The zero-order valence-corrected chi connectivity index (χ0v) is 19.1. The Bertz CT molecular complexity index is 1020. The molecular formula is C20H18Cl3F6N3O. The fraction of sp³-hybridized carbons (Fsp3) is 0.350. The van der Waals surface area contributed by atoms with Crippen LogP contribution in [0.1, 0.15) is 30.0 Å².